The third-order valence-electron chi connectivity index (χ3n) is 2.44. The van der Waals surface area contributed by atoms with Crippen LogP contribution in [0, 0.1) is 5.92 Å². The topological polar surface area (TPSA) is 18.5 Å². The van der Waals surface area contributed by atoms with Crippen molar-refractivity contribution >= 4 is 0 Å². The van der Waals surface area contributed by atoms with E-state index in [0.717, 1.165) is 0 Å². The Hall–Kier alpha value is -1.46. The fraction of sp³-hybridized carbons (Fsp3) is 0.455. The summed E-state index contributed by atoms with van der Waals surface area (Å²) in [6, 6.07) is 5.54. The molecule has 17 heavy (non-hydrogen) atoms. The van der Waals surface area contributed by atoms with Crippen molar-refractivity contribution < 1.29 is 27.0 Å². The SMILES string of the molecule is FC(F)Oc1cccc(OC[C@H]2CC2(F)F)c1. The monoisotopic (exact) mass is 250 g/mol. The smallest absolute Gasteiger partial charge is 0.387 e. The van der Waals surface area contributed by atoms with Crippen LogP contribution in [0.4, 0.5) is 17.6 Å². The molecule has 94 valence electrons. The highest BCUT2D eigenvalue weighted by atomic mass is 19.3. The van der Waals surface area contributed by atoms with E-state index < -0.39 is 18.5 Å². The van der Waals surface area contributed by atoms with Gasteiger partial charge in [-0.15, -0.1) is 0 Å². The maximum Gasteiger partial charge on any atom is 0.387 e. The van der Waals surface area contributed by atoms with Crippen LogP contribution in [0.5, 0.6) is 11.5 Å². The summed E-state index contributed by atoms with van der Waals surface area (Å²) < 4.78 is 58.2. The zero-order chi connectivity index (χ0) is 12.5. The lowest BCUT2D eigenvalue weighted by Gasteiger charge is -2.08. The van der Waals surface area contributed by atoms with Crippen LogP contribution < -0.4 is 9.47 Å². The van der Waals surface area contributed by atoms with Gasteiger partial charge in [0.15, 0.2) is 0 Å². The van der Waals surface area contributed by atoms with Crippen LogP contribution in [-0.4, -0.2) is 19.1 Å². The first-order valence-electron chi connectivity index (χ1n) is 5.03. The predicted molar refractivity (Wildman–Crippen MR) is 51.6 cm³/mol. The van der Waals surface area contributed by atoms with Crippen molar-refractivity contribution in [2.24, 2.45) is 5.92 Å². The summed E-state index contributed by atoms with van der Waals surface area (Å²) in [5.41, 5.74) is 0. The van der Waals surface area contributed by atoms with E-state index in [2.05, 4.69) is 4.74 Å². The van der Waals surface area contributed by atoms with Crippen molar-refractivity contribution in [3.05, 3.63) is 24.3 Å². The number of ether oxygens (including phenoxy) is 2. The van der Waals surface area contributed by atoms with Gasteiger partial charge in [-0.25, -0.2) is 8.78 Å². The molecule has 0 radical (unpaired) electrons. The predicted octanol–water partition coefficient (Wildman–Crippen LogP) is 3.32. The summed E-state index contributed by atoms with van der Waals surface area (Å²) in [5.74, 6) is -3.23. The zero-order valence-corrected chi connectivity index (χ0v) is 8.71. The van der Waals surface area contributed by atoms with Gasteiger partial charge in [0.25, 0.3) is 5.92 Å². The Morgan fingerprint density at radius 1 is 1.29 bits per heavy atom. The van der Waals surface area contributed by atoms with E-state index in [1.807, 2.05) is 0 Å². The molecule has 0 saturated heterocycles. The van der Waals surface area contributed by atoms with Gasteiger partial charge >= 0.3 is 6.61 Å². The van der Waals surface area contributed by atoms with Crippen molar-refractivity contribution in [2.45, 2.75) is 19.0 Å². The van der Waals surface area contributed by atoms with Crippen LogP contribution in [0.25, 0.3) is 0 Å². The largest absolute Gasteiger partial charge is 0.493 e. The van der Waals surface area contributed by atoms with E-state index >= 15 is 0 Å². The molecule has 1 fully saturated rings. The quantitative estimate of drug-likeness (QED) is 0.746. The number of rotatable bonds is 5. The molecule has 0 bridgehead atoms. The Balaban J connectivity index is 1.88. The van der Waals surface area contributed by atoms with Crippen molar-refractivity contribution in [3.8, 4) is 11.5 Å². The standard InChI is InChI=1S/C11H10F4O2/c12-10(13)17-9-3-1-2-8(4-9)16-6-7-5-11(7,14)15/h1-4,7,10H,5-6H2/t7-/m1/s1. The normalized spacial score (nSPS) is 21.4. The first-order chi connectivity index (χ1) is 7.97. The average molecular weight is 250 g/mol. The number of halogens is 4. The highest BCUT2D eigenvalue weighted by Crippen LogP contribution is 2.48. The molecular weight excluding hydrogens is 240 g/mol. The van der Waals surface area contributed by atoms with E-state index in [4.69, 9.17) is 4.74 Å². The van der Waals surface area contributed by atoms with Gasteiger partial charge in [0, 0.05) is 12.5 Å². The van der Waals surface area contributed by atoms with E-state index in [1.165, 1.54) is 24.3 Å². The zero-order valence-electron chi connectivity index (χ0n) is 8.71. The van der Waals surface area contributed by atoms with Gasteiger partial charge in [0.1, 0.15) is 11.5 Å². The highest BCUT2D eigenvalue weighted by molar-refractivity contribution is 5.33. The average Bonchev–Trinajstić information content (AvgIpc) is 2.83. The highest BCUT2D eigenvalue weighted by Gasteiger charge is 2.57. The molecule has 0 spiro atoms. The van der Waals surface area contributed by atoms with Gasteiger partial charge in [-0.05, 0) is 12.1 Å². The molecular formula is C11H10F4O2. The van der Waals surface area contributed by atoms with Crippen molar-refractivity contribution in [1.82, 2.24) is 0 Å². The lowest BCUT2D eigenvalue weighted by molar-refractivity contribution is -0.0499. The maximum atomic E-state index is 12.5. The van der Waals surface area contributed by atoms with Crippen LogP contribution in [-0.2, 0) is 0 Å². The number of benzene rings is 1. The third kappa shape index (κ3) is 3.25. The molecule has 1 aliphatic carbocycles. The number of alkyl halides is 4. The molecule has 1 saturated carbocycles. The second-order valence-electron chi connectivity index (χ2n) is 3.83. The molecule has 1 atom stereocenters. The van der Waals surface area contributed by atoms with Gasteiger partial charge < -0.3 is 9.47 Å². The molecule has 2 rings (SSSR count). The first-order valence-corrected chi connectivity index (χ1v) is 5.03. The molecule has 1 aromatic rings. The fourth-order valence-corrected chi connectivity index (χ4v) is 1.39. The summed E-state index contributed by atoms with van der Waals surface area (Å²) in [6.45, 7) is -3.04. The molecule has 1 aliphatic rings. The minimum atomic E-state index is -2.92. The van der Waals surface area contributed by atoms with Gasteiger partial charge in [0.2, 0.25) is 0 Å². The summed E-state index contributed by atoms with van der Waals surface area (Å²) in [5, 5.41) is 0. The van der Waals surface area contributed by atoms with Gasteiger partial charge in [-0.2, -0.15) is 8.78 Å². The molecule has 0 aromatic heterocycles. The molecule has 0 aliphatic heterocycles. The van der Waals surface area contributed by atoms with E-state index in [0.29, 0.717) is 0 Å². The minimum absolute atomic E-state index is 0.0555. The van der Waals surface area contributed by atoms with Crippen molar-refractivity contribution in [3.63, 3.8) is 0 Å². The van der Waals surface area contributed by atoms with Gasteiger partial charge in [-0.3, -0.25) is 0 Å². The Bertz CT molecular complexity index is 395. The second kappa shape index (κ2) is 4.43. The summed E-state index contributed by atoms with van der Waals surface area (Å²) in [7, 11) is 0. The van der Waals surface area contributed by atoms with Crippen LogP contribution in [0.15, 0.2) is 24.3 Å². The Labute approximate surface area is 95.1 Å². The molecule has 2 nitrogen and oxygen atoms in total. The van der Waals surface area contributed by atoms with Crippen LogP contribution in [0.1, 0.15) is 6.42 Å². The van der Waals surface area contributed by atoms with Crippen LogP contribution in [0.3, 0.4) is 0 Å². The van der Waals surface area contributed by atoms with Crippen molar-refractivity contribution in [1.29, 1.82) is 0 Å². The van der Waals surface area contributed by atoms with E-state index in [-0.39, 0.29) is 24.5 Å². The lowest BCUT2D eigenvalue weighted by Crippen LogP contribution is -2.06. The maximum absolute atomic E-state index is 12.5. The molecule has 6 heteroatoms. The first kappa shape index (κ1) is 12.0. The number of hydrogen-bond acceptors (Lipinski definition) is 2. The molecule has 0 heterocycles. The molecule has 0 unspecified atom stereocenters. The molecule has 0 N–H and O–H groups in total. The van der Waals surface area contributed by atoms with E-state index in [9.17, 15) is 17.6 Å². The summed E-state index contributed by atoms with van der Waals surface area (Å²) >= 11 is 0. The van der Waals surface area contributed by atoms with E-state index in [1.54, 1.807) is 0 Å². The number of hydrogen-bond donors (Lipinski definition) is 0. The van der Waals surface area contributed by atoms with Crippen LogP contribution in [0.2, 0.25) is 0 Å². The van der Waals surface area contributed by atoms with Crippen molar-refractivity contribution in [2.75, 3.05) is 6.61 Å². The molecule has 1 aromatic carbocycles. The fourth-order valence-electron chi connectivity index (χ4n) is 1.39. The summed E-state index contributed by atoms with van der Waals surface area (Å²) in [6.07, 6.45) is -0.180. The molecule has 0 amide bonds. The Kier molecular flexibility index (Phi) is 3.13. The minimum Gasteiger partial charge on any atom is -0.493 e. The summed E-state index contributed by atoms with van der Waals surface area (Å²) in [4.78, 5) is 0. The lowest BCUT2D eigenvalue weighted by atomic mass is 10.3. The second-order valence-corrected chi connectivity index (χ2v) is 3.83. The van der Waals surface area contributed by atoms with Gasteiger partial charge in [-0.1, -0.05) is 6.07 Å². The Morgan fingerprint density at radius 3 is 2.53 bits per heavy atom. The third-order valence-corrected chi connectivity index (χ3v) is 2.44. The van der Waals surface area contributed by atoms with Gasteiger partial charge in [0.05, 0.1) is 12.5 Å². The van der Waals surface area contributed by atoms with Crippen LogP contribution >= 0.6 is 0 Å². The Morgan fingerprint density at radius 2 is 1.94 bits per heavy atom.